The van der Waals surface area contributed by atoms with Gasteiger partial charge in [0, 0.05) is 36.8 Å². The fourth-order valence-corrected chi connectivity index (χ4v) is 7.73. The number of benzene rings is 2. The maximum atomic E-state index is 13.6. The summed E-state index contributed by atoms with van der Waals surface area (Å²) in [7, 11) is 0. The number of nitrogens with zero attached hydrogens (tertiary/aromatic N) is 4. The lowest BCUT2D eigenvalue weighted by molar-refractivity contribution is -0.142. The first-order valence-electron chi connectivity index (χ1n) is 16.7. The fourth-order valence-electron chi connectivity index (χ4n) is 7.73. The SMILES string of the molecule is Cc1ccccc1C1=CC=CC(c2ccc(CN3CCCC3)nc2)(c2nc3cc(CN4CCC[C@H]4C(=O)O)c(OC(F)F)cc3o2)C1C. The first kappa shape index (κ1) is 32.2. The number of aryl methyl sites for hydroxylation is 1. The standard InChI is InChI=1S/C38H40F2N4O4/c1-24-9-3-4-10-29(24)30-11-7-15-38(25(30)2,27-13-14-28(41-21-27)23-43-16-5-6-17-43)36-42-31-19-26(22-44-18-8-12-32(44)35(45)46)33(48-37(39)40)20-34(31)47-36/h3-4,7,9-11,13-15,19-21,25,32,37H,5-6,8,12,16-18,22-23H2,1-2H3,(H,45,46)/t25?,32-,38?/m0/s1. The number of alkyl halides is 2. The van der Waals surface area contributed by atoms with E-state index in [9.17, 15) is 18.7 Å². The lowest BCUT2D eigenvalue weighted by atomic mass is 9.64. The Balaban J connectivity index is 1.33. The van der Waals surface area contributed by atoms with Gasteiger partial charge >= 0.3 is 12.6 Å². The number of aliphatic carboxylic acids is 1. The number of aromatic nitrogens is 2. The van der Waals surface area contributed by atoms with E-state index in [1.807, 2.05) is 24.4 Å². The average Bonchev–Trinajstić information content (AvgIpc) is 3.84. The number of carboxylic acid groups (broad SMARTS) is 1. The van der Waals surface area contributed by atoms with Gasteiger partial charge in [0.25, 0.3) is 0 Å². The summed E-state index contributed by atoms with van der Waals surface area (Å²) < 4.78 is 38.8. The van der Waals surface area contributed by atoms with Crippen molar-refractivity contribution < 1.29 is 27.8 Å². The predicted octanol–water partition coefficient (Wildman–Crippen LogP) is 7.35. The second-order valence-electron chi connectivity index (χ2n) is 13.2. The van der Waals surface area contributed by atoms with E-state index in [4.69, 9.17) is 19.1 Å². The van der Waals surface area contributed by atoms with Crippen LogP contribution in [0.1, 0.15) is 66.4 Å². The van der Waals surface area contributed by atoms with Gasteiger partial charge in [-0.2, -0.15) is 8.78 Å². The molecule has 2 aromatic heterocycles. The van der Waals surface area contributed by atoms with E-state index in [0.717, 1.165) is 47.6 Å². The Kier molecular flexibility index (Phi) is 8.87. The van der Waals surface area contributed by atoms with Crippen molar-refractivity contribution in [2.24, 2.45) is 5.92 Å². The molecule has 0 radical (unpaired) electrons. The van der Waals surface area contributed by atoms with Crippen molar-refractivity contribution in [1.82, 2.24) is 19.8 Å². The number of carboxylic acids is 1. The topological polar surface area (TPSA) is 91.9 Å². The Labute approximate surface area is 278 Å². The lowest BCUT2D eigenvalue weighted by Crippen LogP contribution is -2.36. The molecule has 1 N–H and O–H groups in total. The summed E-state index contributed by atoms with van der Waals surface area (Å²) >= 11 is 0. The van der Waals surface area contributed by atoms with Gasteiger partial charge in [-0.25, -0.2) is 4.98 Å². The van der Waals surface area contributed by atoms with Gasteiger partial charge in [-0.1, -0.05) is 55.5 Å². The molecular weight excluding hydrogens is 614 g/mol. The third-order valence-corrected chi connectivity index (χ3v) is 10.3. The van der Waals surface area contributed by atoms with E-state index in [2.05, 4.69) is 55.2 Å². The highest BCUT2D eigenvalue weighted by Crippen LogP contribution is 2.49. The normalized spacial score (nSPS) is 23.3. The zero-order chi connectivity index (χ0) is 33.4. The monoisotopic (exact) mass is 654 g/mol. The number of oxazole rings is 1. The highest BCUT2D eigenvalue weighted by atomic mass is 19.3. The van der Waals surface area contributed by atoms with Crippen molar-refractivity contribution >= 4 is 22.6 Å². The largest absolute Gasteiger partial charge is 0.480 e. The van der Waals surface area contributed by atoms with Crippen LogP contribution in [0.5, 0.6) is 5.75 Å². The first-order valence-corrected chi connectivity index (χ1v) is 16.7. The molecule has 3 atom stereocenters. The van der Waals surface area contributed by atoms with E-state index in [1.165, 1.54) is 18.9 Å². The smallest absolute Gasteiger partial charge is 0.387 e. The molecule has 8 nitrogen and oxygen atoms in total. The quantitative estimate of drug-likeness (QED) is 0.190. The number of ether oxygens (including phenoxy) is 1. The van der Waals surface area contributed by atoms with E-state index >= 15 is 0 Å². The van der Waals surface area contributed by atoms with Crippen molar-refractivity contribution in [3.63, 3.8) is 0 Å². The molecule has 0 saturated carbocycles. The van der Waals surface area contributed by atoms with Crippen LogP contribution in [0.25, 0.3) is 16.7 Å². The van der Waals surface area contributed by atoms with Crippen LogP contribution in [0.4, 0.5) is 8.78 Å². The van der Waals surface area contributed by atoms with E-state index in [0.29, 0.717) is 41.9 Å². The van der Waals surface area contributed by atoms with Crippen molar-refractivity contribution in [2.75, 3.05) is 19.6 Å². The van der Waals surface area contributed by atoms with E-state index in [-0.39, 0.29) is 18.2 Å². The molecule has 7 rings (SSSR count). The number of fused-ring (bicyclic) bond motifs is 1. The first-order chi connectivity index (χ1) is 23.2. The third-order valence-electron chi connectivity index (χ3n) is 10.3. The van der Waals surface area contributed by atoms with Crippen LogP contribution < -0.4 is 4.74 Å². The summed E-state index contributed by atoms with van der Waals surface area (Å²) in [6, 6.07) is 14.9. The van der Waals surface area contributed by atoms with Gasteiger partial charge < -0.3 is 14.3 Å². The van der Waals surface area contributed by atoms with Crippen molar-refractivity contribution in [1.29, 1.82) is 0 Å². The Morgan fingerprint density at radius 3 is 2.65 bits per heavy atom. The summed E-state index contributed by atoms with van der Waals surface area (Å²) in [6.45, 7) is 4.84. The average molecular weight is 655 g/mol. The molecule has 4 aromatic rings. The fraction of sp³-hybridized carbons (Fsp3) is 0.395. The minimum Gasteiger partial charge on any atom is -0.480 e. The minimum atomic E-state index is -3.06. The van der Waals surface area contributed by atoms with Crippen LogP contribution >= 0.6 is 0 Å². The Morgan fingerprint density at radius 1 is 1.10 bits per heavy atom. The summed E-state index contributed by atoms with van der Waals surface area (Å²) in [6.07, 6.45) is 11.8. The maximum Gasteiger partial charge on any atom is 0.387 e. The van der Waals surface area contributed by atoms with Gasteiger partial charge in [0.05, 0.1) is 11.1 Å². The molecule has 0 spiro atoms. The van der Waals surface area contributed by atoms with Gasteiger partial charge in [-0.3, -0.25) is 19.6 Å². The molecule has 2 saturated heterocycles. The molecule has 250 valence electrons. The Hall–Kier alpha value is -4.41. The summed E-state index contributed by atoms with van der Waals surface area (Å²) in [5.41, 5.74) is 5.67. The number of halogens is 2. The summed E-state index contributed by atoms with van der Waals surface area (Å²) in [5, 5.41) is 9.73. The molecule has 1 aliphatic carbocycles. The van der Waals surface area contributed by atoms with Crippen LogP contribution in [0.15, 0.2) is 77.4 Å². The second kappa shape index (κ2) is 13.2. The van der Waals surface area contributed by atoms with Crippen molar-refractivity contribution in [3.8, 4) is 5.75 Å². The van der Waals surface area contributed by atoms with E-state index < -0.39 is 24.0 Å². The molecule has 0 amide bonds. The molecule has 2 aromatic carbocycles. The maximum absolute atomic E-state index is 13.6. The molecule has 3 aliphatic rings. The number of pyridine rings is 1. The predicted molar refractivity (Wildman–Crippen MR) is 179 cm³/mol. The van der Waals surface area contributed by atoms with Gasteiger partial charge in [0.15, 0.2) is 5.58 Å². The number of allylic oxidation sites excluding steroid dienone is 4. The Bertz CT molecular complexity index is 1860. The highest BCUT2D eigenvalue weighted by molar-refractivity contribution is 5.79. The molecule has 2 unspecified atom stereocenters. The van der Waals surface area contributed by atoms with Gasteiger partial charge in [0.1, 0.15) is 17.3 Å². The van der Waals surface area contributed by atoms with Crippen LogP contribution in [0.2, 0.25) is 0 Å². The van der Waals surface area contributed by atoms with Crippen LogP contribution in [-0.2, 0) is 23.3 Å². The molecule has 4 heterocycles. The van der Waals surface area contributed by atoms with Crippen molar-refractivity contribution in [2.45, 2.75) is 70.7 Å². The zero-order valence-corrected chi connectivity index (χ0v) is 27.2. The number of hydrogen-bond acceptors (Lipinski definition) is 7. The number of rotatable bonds is 10. The summed E-state index contributed by atoms with van der Waals surface area (Å²) in [5.74, 6) is -0.698. The van der Waals surface area contributed by atoms with Crippen LogP contribution in [-0.4, -0.2) is 63.1 Å². The summed E-state index contributed by atoms with van der Waals surface area (Å²) in [4.78, 5) is 26.0. The molecular formula is C38H40F2N4O4. The second-order valence-corrected chi connectivity index (χ2v) is 13.2. The number of likely N-dealkylation sites (tertiary alicyclic amines) is 2. The van der Waals surface area contributed by atoms with Crippen molar-refractivity contribution in [3.05, 3.63) is 107 Å². The molecule has 2 fully saturated rings. The third kappa shape index (κ3) is 6.03. The minimum absolute atomic E-state index is 0.0500. The van der Waals surface area contributed by atoms with Crippen LogP contribution in [0.3, 0.4) is 0 Å². The van der Waals surface area contributed by atoms with Gasteiger partial charge in [-0.05, 0) is 86.6 Å². The molecule has 0 bridgehead atoms. The highest BCUT2D eigenvalue weighted by Gasteiger charge is 2.46. The Morgan fingerprint density at radius 2 is 1.92 bits per heavy atom. The van der Waals surface area contributed by atoms with E-state index in [1.54, 1.807) is 11.0 Å². The van der Waals surface area contributed by atoms with Gasteiger partial charge in [0.2, 0.25) is 5.89 Å². The van der Waals surface area contributed by atoms with Gasteiger partial charge in [-0.15, -0.1) is 0 Å². The van der Waals surface area contributed by atoms with Crippen LogP contribution in [0, 0.1) is 12.8 Å². The molecule has 2 aliphatic heterocycles. The zero-order valence-electron chi connectivity index (χ0n) is 27.2. The lowest BCUT2D eigenvalue weighted by Gasteiger charge is -2.38. The molecule has 10 heteroatoms. The number of carbonyl (C=O) groups is 1. The number of hydrogen-bond donors (Lipinski definition) is 1. The molecule has 48 heavy (non-hydrogen) atoms.